The van der Waals surface area contributed by atoms with Gasteiger partial charge in [0.25, 0.3) is 0 Å². The number of thiocarbonyl (C=S) groups is 1. The SMILES string of the molecule is Cc1cc(Cl)cc(N(CC(C)O)C(N)=S)c1. The van der Waals surface area contributed by atoms with E-state index in [1.165, 1.54) is 0 Å². The quantitative estimate of drug-likeness (QED) is 0.815. The Balaban J connectivity index is 3.05. The molecule has 1 aromatic rings. The minimum Gasteiger partial charge on any atom is -0.392 e. The molecule has 88 valence electrons. The fourth-order valence-electron chi connectivity index (χ4n) is 1.46. The number of nitrogens with two attached hydrogens (primary N) is 1. The summed E-state index contributed by atoms with van der Waals surface area (Å²) in [6, 6.07) is 5.55. The molecule has 3 nitrogen and oxygen atoms in total. The summed E-state index contributed by atoms with van der Waals surface area (Å²) >= 11 is 10.9. The zero-order valence-corrected chi connectivity index (χ0v) is 10.8. The van der Waals surface area contributed by atoms with Crippen molar-refractivity contribution < 1.29 is 5.11 Å². The Morgan fingerprint density at radius 2 is 2.19 bits per heavy atom. The van der Waals surface area contributed by atoms with Crippen molar-refractivity contribution in [3.8, 4) is 0 Å². The third-order valence-corrected chi connectivity index (χ3v) is 2.49. The summed E-state index contributed by atoms with van der Waals surface area (Å²) in [7, 11) is 0. The lowest BCUT2D eigenvalue weighted by molar-refractivity contribution is 0.204. The van der Waals surface area contributed by atoms with Gasteiger partial charge in [0, 0.05) is 10.7 Å². The summed E-state index contributed by atoms with van der Waals surface area (Å²) in [6.07, 6.45) is -0.513. The molecule has 3 N–H and O–H groups in total. The number of rotatable bonds is 3. The predicted octanol–water partition coefficient (Wildman–Crippen LogP) is 2.08. The van der Waals surface area contributed by atoms with Gasteiger partial charge in [-0.05, 0) is 49.8 Å². The van der Waals surface area contributed by atoms with E-state index in [1.807, 2.05) is 19.1 Å². The van der Waals surface area contributed by atoms with Gasteiger partial charge < -0.3 is 15.7 Å². The van der Waals surface area contributed by atoms with E-state index >= 15 is 0 Å². The summed E-state index contributed by atoms with van der Waals surface area (Å²) < 4.78 is 0. The second-order valence-corrected chi connectivity index (χ2v) is 4.64. The Hall–Kier alpha value is -0.840. The highest BCUT2D eigenvalue weighted by Crippen LogP contribution is 2.22. The van der Waals surface area contributed by atoms with Crippen molar-refractivity contribution in [2.24, 2.45) is 5.73 Å². The smallest absolute Gasteiger partial charge is 0.170 e. The molecule has 1 unspecified atom stereocenters. The van der Waals surface area contributed by atoms with Gasteiger partial charge in [0.05, 0.1) is 12.6 Å². The Morgan fingerprint density at radius 1 is 1.56 bits per heavy atom. The topological polar surface area (TPSA) is 49.5 Å². The number of halogens is 1. The first-order valence-corrected chi connectivity index (χ1v) is 5.71. The average molecular weight is 259 g/mol. The normalized spacial score (nSPS) is 12.2. The monoisotopic (exact) mass is 258 g/mol. The largest absolute Gasteiger partial charge is 0.392 e. The molecule has 5 heteroatoms. The first-order chi connectivity index (χ1) is 7.40. The molecule has 0 spiro atoms. The van der Waals surface area contributed by atoms with Crippen molar-refractivity contribution in [2.45, 2.75) is 20.0 Å². The van der Waals surface area contributed by atoms with Crippen LogP contribution in [0.4, 0.5) is 5.69 Å². The molecule has 16 heavy (non-hydrogen) atoms. The van der Waals surface area contributed by atoms with Crippen LogP contribution in [0.3, 0.4) is 0 Å². The van der Waals surface area contributed by atoms with E-state index in [4.69, 9.17) is 29.6 Å². The van der Waals surface area contributed by atoms with E-state index in [1.54, 1.807) is 17.9 Å². The van der Waals surface area contributed by atoms with Gasteiger partial charge in [-0.3, -0.25) is 0 Å². The zero-order valence-electron chi connectivity index (χ0n) is 9.27. The Morgan fingerprint density at radius 3 is 2.62 bits per heavy atom. The number of hydrogen-bond donors (Lipinski definition) is 2. The van der Waals surface area contributed by atoms with Crippen LogP contribution in [0.25, 0.3) is 0 Å². The fourth-order valence-corrected chi connectivity index (χ4v) is 1.92. The Bertz CT molecular complexity index is 375. The van der Waals surface area contributed by atoms with E-state index < -0.39 is 6.10 Å². The zero-order chi connectivity index (χ0) is 12.3. The maximum atomic E-state index is 9.38. The molecule has 0 aliphatic rings. The number of aryl methyl sites for hydroxylation is 1. The van der Waals surface area contributed by atoms with Crippen LogP contribution in [0.5, 0.6) is 0 Å². The molecule has 0 heterocycles. The van der Waals surface area contributed by atoms with E-state index in [9.17, 15) is 5.11 Å². The minimum absolute atomic E-state index is 0.225. The van der Waals surface area contributed by atoms with Crippen molar-refractivity contribution in [1.29, 1.82) is 0 Å². The van der Waals surface area contributed by atoms with Crippen molar-refractivity contribution in [3.63, 3.8) is 0 Å². The lowest BCUT2D eigenvalue weighted by atomic mass is 10.2. The first-order valence-electron chi connectivity index (χ1n) is 4.92. The van der Waals surface area contributed by atoms with Gasteiger partial charge in [-0.1, -0.05) is 11.6 Å². The van der Waals surface area contributed by atoms with Gasteiger partial charge in [0.1, 0.15) is 0 Å². The molecule has 1 atom stereocenters. The maximum Gasteiger partial charge on any atom is 0.170 e. The molecule has 0 saturated carbocycles. The van der Waals surface area contributed by atoms with Crippen LogP contribution in [0.15, 0.2) is 18.2 Å². The third-order valence-electron chi connectivity index (χ3n) is 2.05. The molecule has 0 bridgehead atoms. The number of nitrogens with zero attached hydrogens (tertiary/aromatic N) is 1. The summed E-state index contributed by atoms with van der Waals surface area (Å²) in [5.74, 6) is 0. The molecule has 0 saturated heterocycles. The molecule has 0 fully saturated rings. The fraction of sp³-hybridized carbons (Fsp3) is 0.364. The highest BCUT2D eigenvalue weighted by atomic mass is 35.5. The van der Waals surface area contributed by atoms with E-state index in [0.29, 0.717) is 11.6 Å². The van der Waals surface area contributed by atoms with Crippen molar-refractivity contribution in [3.05, 3.63) is 28.8 Å². The van der Waals surface area contributed by atoms with Gasteiger partial charge in [-0.15, -0.1) is 0 Å². The van der Waals surface area contributed by atoms with Gasteiger partial charge in [-0.2, -0.15) is 0 Å². The Kier molecular flexibility index (Phi) is 4.53. The molecule has 0 aliphatic heterocycles. The van der Waals surface area contributed by atoms with Gasteiger partial charge in [0.2, 0.25) is 0 Å². The average Bonchev–Trinajstić information content (AvgIpc) is 2.11. The maximum absolute atomic E-state index is 9.38. The van der Waals surface area contributed by atoms with Crippen molar-refractivity contribution in [2.75, 3.05) is 11.4 Å². The van der Waals surface area contributed by atoms with E-state index in [-0.39, 0.29) is 5.11 Å². The Labute approximate surface area is 106 Å². The van der Waals surface area contributed by atoms with E-state index in [0.717, 1.165) is 11.3 Å². The molecule has 0 radical (unpaired) electrons. The van der Waals surface area contributed by atoms with Crippen LogP contribution in [0.1, 0.15) is 12.5 Å². The lowest BCUT2D eigenvalue weighted by Gasteiger charge is -2.24. The van der Waals surface area contributed by atoms with E-state index in [2.05, 4.69) is 0 Å². The molecular weight excluding hydrogens is 244 g/mol. The lowest BCUT2D eigenvalue weighted by Crippen LogP contribution is -2.40. The number of aliphatic hydroxyl groups is 1. The van der Waals surface area contributed by atoms with Crippen molar-refractivity contribution in [1.82, 2.24) is 0 Å². The van der Waals surface area contributed by atoms with Crippen LogP contribution < -0.4 is 10.6 Å². The second-order valence-electron chi connectivity index (χ2n) is 3.78. The molecule has 0 aliphatic carbocycles. The number of aliphatic hydroxyl groups excluding tert-OH is 1. The third kappa shape index (κ3) is 3.63. The molecular formula is C11H15ClN2OS. The summed E-state index contributed by atoms with van der Waals surface area (Å²) in [5.41, 5.74) is 7.45. The van der Waals surface area contributed by atoms with Gasteiger partial charge >= 0.3 is 0 Å². The predicted molar refractivity (Wildman–Crippen MR) is 72.0 cm³/mol. The van der Waals surface area contributed by atoms with Crippen LogP contribution in [0.2, 0.25) is 5.02 Å². The molecule has 0 aromatic heterocycles. The summed E-state index contributed by atoms with van der Waals surface area (Å²) in [6.45, 7) is 3.98. The van der Waals surface area contributed by atoms with Crippen LogP contribution in [0, 0.1) is 6.92 Å². The molecule has 1 aromatic carbocycles. The van der Waals surface area contributed by atoms with Crippen molar-refractivity contribution >= 4 is 34.6 Å². The summed E-state index contributed by atoms with van der Waals surface area (Å²) in [5, 5.41) is 10.2. The summed E-state index contributed by atoms with van der Waals surface area (Å²) in [4.78, 5) is 1.67. The standard InChI is InChI=1S/C11H15ClN2OS/c1-7-3-9(12)5-10(4-7)14(11(13)16)6-8(2)15/h3-5,8,15H,6H2,1-2H3,(H2,13,16). The van der Waals surface area contributed by atoms with Crippen LogP contribution in [-0.4, -0.2) is 22.9 Å². The number of anilines is 1. The van der Waals surface area contributed by atoms with Crippen LogP contribution >= 0.6 is 23.8 Å². The number of benzene rings is 1. The highest BCUT2D eigenvalue weighted by Gasteiger charge is 2.12. The second kappa shape index (κ2) is 5.48. The first kappa shape index (κ1) is 13.2. The molecule has 1 rings (SSSR count). The number of hydrogen-bond acceptors (Lipinski definition) is 2. The van der Waals surface area contributed by atoms with Crippen LogP contribution in [-0.2, 0) is 0 Å². The highest BCUT2D eigenvalue weighted by molar-refractivity contribution is 7.80. The van der Waals surface area contributed by atoms with Gasteiger partial charge in [-0.25, -0.2) is 0 Å². The van der Waals surface area contributed by atoms with Gasteiger partial charge in [0.15, 0.2) is 5.11 Å². The molecule has 0 amide bonds. The minimum atomic E-state index is -0.513.